The van der Waals surface area contributed by atoms with Crippen LogP contribution in [0.2, 0.25) is 5.02 Å². The second kappa shape index (κ2) is 6.86. The number of fused-ring (bicyclic) bond motifs is 7. The van der Waals surface area contributed by atoms with Crippen molar-refractivity contribution >= 4 is 46.4 Å². The molecule has 9 nitrogen and oxygen atoms in total. The molecule has 4 aliphatic rings. The van der Waals surface area contributed by atoms with E-state index in [9.17, 15) is 24.5 Å². The zero-order chi connectivity index (χ0) is 24.1. The van der Waals surface area contributed by atoms with E-state index >= 15 is 0 Å². The van der Waals surface area contributed by atoms with Crippen LogP contribution in [0.1, 0.15) is 29.5 Å². The lowest BCUT2D eigenvalue weighted by Crippen LogP contribution is -2.54. The quantitative estimate of drug-likeness (QED) is 0.401. The van der Waals surface area contributed by atoms with Crippen molar-refractivity contribution in [3.05, 3.63) is 62.2 Å². The van der Waals surface area contributed by atoms with E-state index in [1.54, 1.807) is 18.2 Å². The van der Waals surface area contributed by atoms with Gasteiger partial charge in [-0.05, 0) is 50.9 Å². The van der Waals surface area contributed by atoms with Gasteiger partial charge >= 0.3 is 0 Å². The van der Waals surface area contributed by atoms with Crippen LogP contribution in [0, 0.1) is 35.8 Å². The molecule has 2 aromatic rings. The fourth-order valence-electron chi connectivity index (χ4n) is 6.68. The molecule has 0 radical (unpaired) electrons. The van der Waals surface area contributed by atoms with Crippen LogP contribution in [0.5, 0.6) is 0 Å². The maximum absolute atomic E-state index is 14.0. The first kappa shape index (κ1) is 21.2. The highest BCUT2D eigenvalue weighted by atomic mass is 35.5. The number of nitro groups is 1. The molecule has 1 spiro atoms. The second-order valence-corrected chi connectivity index (χ2v) is 9.82. The first-order chi connectivity index (χ1) is 16.2. The topological polar surface area (TPSA) is 113 Å². The molecular weight excluding hydrogens is 460 g/mol. The van der Waals surface area contributed by atoms with E-state index in [0.29, 0.717) is 34.8 Å². The van der Waals surface area contributed by atoms with Crippen molar-refractivity contribution in [2.75, 3.05) is 16.8 Å². The molecule has 6 rings (SSSR count). The summed E-state index contributed by atoms with van der Waals surface area (Å²) < 4.78 is 0. The molecule has 0 aromatic heterocycles. The van der Waals surface area contributed by atoms with Gasteiger partial charge in [0.05, 0.1) is 33.7 Å². The number of hydrogen-bond donors (Lipinski definition) is 1. The highest BCUT2D eigenvalue weighted by Crippen LogP contribution is 2.61. The zero-order valence-corrected chi connectivity index (χ0v) is 19.3. The molecule has 0 aliphatic carbocycles. The molecule has 174 valence electrons. The molecule has 4 atom stereocenters. The largest absolute Gasteiger partial charge is 0.324 e. The molecule has 3 saturated heterocycles. The average molecular weight is 481 g/mol. The van der Waals surface area contributed by atoms with Crippen molar-refractivity contribution in [2.45, 2.75) is 38.3 Å². The van der Waals surface area contributed by atoms with Gasteiger partial charge in [0.25, 0.3) is 5.69 Å². The number of carbonyl (C=O) groups is 3. The van der Waals surface area contributed by atoms with Crippen molar-refractivity contribution in [1.29, 1.82) is 0 Å². The summed E-state index contributed by atoms with van der Waals surface area (Å²) in [4.78, 5) is 55.6. The average Bonchev–Trinajstić information content (AvgIpc) is 3.50. The lowest BCUT2D eigenvalue weighted by atomic mass is 9.75. The smallest absolute Gasteiger partial charge is 0.274 e. The minimum Gasteiger partial charge on any atom is -0.324 e. The van der Waals surface area contributed by atoms with Crippen molar-refractivity contribution in [1.82, 2.24) is 4.90 Å². The van der Waals surface area contributed by atoms with E-state index in [-0.39, 0.29) is 28.9 Å². The van der Waals surface area contributed by atoms with Crippen LogP contribution >= 0.6 is 11.6 Å². The maximum atomic E-state index is 14.0. The number of imide groups is 1. The standard InChI is InChI=1S/C24H21ClN4O5/c1-11-14(25)9-8-13-20(11)26-23(32)24(13)19-18(17-7-4-10-27(17)24)21(30)28(22(19)31)15-5-3-6-16(12(15)2)29(33)34/h3,5-6,8-9,17-19H,4,7,10H2,1-2H3,(H,26,32)/t17-,18+,19+,24-/m0/s1. The lowest BCUT2D eigenvalue weighted by Gasteiger charge is -2.36. The van der Waals surface area contributed by atoms with Crippen LogP contribution < -0.4 is 10.2 Å². The number of nitrogens with zero attached hydrogens (tertiary/aromatic N) is 3. The van der Waals surface area contributed by atoms with Crippen LogP contribution in [0.3, 0.4) is 0 Å². The normalized spacial score (nSPS) is 29.6. The van der Waals surface area contributed by atoms with Crippen molar-refractivity contribution in [3.8, 4) is 0 Å². The lowest BCUT2D eigenvalue weighted by molar-refractivity contribution is -0.385. The molecule has 0 bridgehead atoms. The summed E-state index contributed by atoms with van der Waals surface area (Å²) in [5.74, 6) is -2.86. The van der Waals surface area contributed by atoms with E-state index in [1.807, 2.05) is 11.8 Å². The number of hydrogen-bond acceptors (Lipinski definition) is 6. The Bertz CT molecular complexity index is 1340. The number of rotatable bonds is 2. The summed E-state index contributed by atoms with van der Waals surface area (Å²) in [6.07, 6.45) is 1.50. The van der Waals surface area contributed by atoms with Gasteiger partial charge in [0.15, 0.2) is 0 Å². The van der Waals surface area contributed by atoms with Gasteiger partial charge in [-0.15, -0.1) is 0 Å². The third kappa shape index (κ3) is 2.31. The highest BCUT2D eigenvalue weighted by Gasteiger charge is 2.74. The van der Waals surface area contributed by atoms with Crippen molar-refractivity contribution in [2.24, 2.45) is 11.8 Å². The third-order valence-corrected chi connectivity index (χ3v) is 8.49. The van der Waals surface area contributed by atoms with Crippen molar-refractivity contribution in [3.63, 3.8) is 0 Å². The Kier molecular flexibility index (Phi) is 4.29. The van der Waals surface area contributed by atoms with Gasteiger partial charge in [0.1, 0.15) is 5.54 Å². The summed E-state index contributed by atoms with van der Waals surface area (Å²) in [5.41, 5.74) is 0.932. The molecule has 3 fully saturated rings. The number of benzene rings is 2. The van der Waals surface area contributed by atoms with Gasteiger partial charge in [0, 0.05) is 22.7 Å². The predicted octanol–water partition coefficient (Wildman–Crippen LogP) is 3.30. The van der Waals surface area contributed by atoms with Crippen LogP contribution in [-0.2, 0) is 19.9 Å². The van der Waals surface area contributed by atoms with Crippen molar-refractivity contribution < 1.29 is 19.3 Å². The van der Waals surface area contributed by atoms with Gasteiger partial charge < -0.3 is 5.32 Å². The predicted molar refractivity (Wildman–Crippen MR) is 124 cm³/mol. The summed E-state index contributed by atoms with van der Waals surface area (Å²) >= 11 is 6.32. The molecule has 0 saturated carbocycles. The Balaban J connectivity index is 1.56. The van der Waals surface area contributed by atoms with E-state index in [0.717, 1.165) is 11.3 Å². The summed E-state index contributed by atoms with van der Waals surface area (Å²) in [5, 5.41) is 14.9. The zero-order valence-electron chi connectivity index (χ0n) is 18.5. The first-order valence-electron chi connectivity index (χ1n) is 11.2. The molecule has 0 unspecified atom stereocenters. The molecule has 4 aliphatic heterocycles. The van der Waals surface area contributed by atoms with Gasteiger partial charge in [0.2, 0.25) is 17.7 Å². The molecule has 1 N–H and O–H groups in total. The number of halogens is 1. The maximum Gasteiger partial charge on any atom is 0.274 e. The third-order valence-electron chi connectivity index (χ3n) is 8.08. The molecule has 34 heavy (non-hydrogen) atoms. The Hall–Kier alpha value is -3.30. The molecule has 4 heterocycles. The number of anilines is 2. The molecule has 10 heteroatoms. The van der Waals surface area contributed by atoms with Crippen LogP contribution in [0.25, 0.3) is 0 Å². The van der Waals surface area contributed by atoms with Crippen LogP contribution in [0.15, 0.2) is 30.3 Å². The highest BCUT2D eigenvalue weighted by molar-refractivity contribution is 6.32. The summed E-state index contributed by atoms with van der Waals surface area (Å²) in [7, 11) is 0. The summed E-state index contributed by atoms with van der Waals surface area (Å²) in [6, 6.07) is 7.59. The fourth-order valence-corrected chi connectivity index (χ4v) is 6.84. The van der Waals surface area contributed by atoms with Gasteiger partial charge in [-0.1, -0.05) is 23.7 Å². The fraction of sp³-hybridized carbons (Fsp3) is 0.375. The van der Waals surface area contributed by atoms with Crippen LogP contribution in [0.4, 0.5) is 17.1 Å². The van der Waals surface area contributed by atoms with E-state index < -0.39 is 34.1 Å². The molecule has 3 amide bonds. The monoisotopic (exact) mass is 480 g/mol. The van der Waals surface area contributed by atoms with E-state index in [1.165, 1.54) is 19.1 Å². The Morgan fingerprint density at radius 2 is 1.88 bits per heavy atom. The number of nitro benzene ring substituents is 1. The second-order valence-electron chi connectivity index (χ2n) is 9.41. The minimum atomic E-state index is -1.31. The SMILES string of the molecule is Cc1c(N2C(=O)[C@@H]3[C@@H]4CCCN4[C@]4(C(=O)Nc5c4ccc(Cl)c5C)[C@H]3C2=O)cccc1[N+](=O)[O-]. The van der Waals surface area contributed by atoms with E-state index in [2.05, 4.69) is 5.32 Å². The Morgan fingerprint density at radius 1 is 1.12 bits per heavy atom. The van der Waals surface area contributed by atoms with Gasteiger partial charge in [-0.25, -0.2) is 4.90 Å². The van der Waals surface area contributed by atoms with Gasteiger partial charge in [-0.2, -0.15) is 0 Å². The van der Waals surface area contributed by atoms with Crippen LogP contribution in [-0.4, -0.2) is 40.1 Å². The molecular formula is C24H21ClN4O5. The number of nitrogens with one attached hydrogen (secondary N) is 1. The summed E-state index contributed by atoms with van der Waals surface area (Å²) in [6.45, 7) is 3.94. The Morgan fingerprint density at radius 3 is 2.62 bits per heavy atom. The minimum absolute atomic E-state index is 0.165. The van der Waals surface area contributed by atoms with E-state index in [4.69, 9.17) is 11.6 Å². The Labute approximate surface area is 199 Å². The van der Waals surface area contributed by atoms with Gasteiger partial charge in [-0.3, -0.25) is 29.4 Å². The molecule has 2 aromatic carbocycles. The number of amides is 3. The first-order valence-corrected chi connectivity index (χ1v) is 11.6. The number of carbonyl (C=O) groups excluding carboxylic acids is 3.